The van der Waals surface area contributed by atoms with Crippen LogP contribution in [-0.2, 0) is 6.54 Å². The van der Waals surface area contributed by atoms with Gasteiger partial charge in [-0.3, -0.25) is 0 Å². The molecule has 1 heterocycles. The molecule has 96 valence electrons. The van der Waals surface area contributed by atoms with Crippen molar-refractivity contribution < 1.29 is 0 Å². The Morgan fingerprint density at radius 3 is 2.82 bits per heavy atom. The molecule has 1 fully saturated rings. The Morgan fingerprint density at radius 2 is 2.24 bits per heavy atom. The molecule has 1 unspecified atom stereocenters. The first-order chi connectivity index (χ1) is 8.11. The summed E-state index contributed by atoms with van der Waals surface area (Å²) in [6.45, 7) is 7.29. The number of hydrogen-bond acceptors (Lipinski definition) is 3. The van der Waals surface area contributed by atoms with Gasteiger partial charge in [-0.1, -0.05) is 19.8 Å². The molecule has 3 N–H and O–H groups in total. The van der Waals surface area contributed by atoms with Gasteiger partial charge in [0.1, 0.15) is 5.82 Å². The molecule has 1 aliphatic carbocycles. The molecule has 0 saturated heterocycles. The summed E-state index contributed by atoms with van der Waals surface area (Å²) < 4.78 is 2.01. The molecule has 0 bridgehead atoms. The van der Waals surface area contributed by atoms with E-state index >= 15 is 0 Å². The van der Waals surface area contributed by atoms with Crippen LogP contribution >= 0.6 is 0 Å². The van der Waals surface area contributed by atoms with Gasteiger partial charge in [-0.15, -0.1) is 0 Å². The van der Waals surface area contributed by atoms with E-state index in [0.717, 1.165) is 36.1 Å². The third-order valence-electron chi connectivity index (χ3n) is 3.38. The molecule has 0 spiro atoms. The smallest absolute Gasteiger partial charge is 0.148 e. The number of aromatic nitrogens is 2. The molecule has 0 aliphatic heterocycles. The van der Waals surface area contributed by atoms with Crippen LogP contribution in [0, 0.1) is 12.8 Å². The maximum absolute atomic E-state index is 6.08. The topological polar surface area (TPSA) is 55.9 Å². The van der Waals surface area contributed by atoms with E-state index in [9.17, 15) is 0 Å². The van der Waals surface area contributed by atoms with Crippen LogP contribution in [0.4, 0.5) is 11.5 Å². The molecule has 0 amide bonds. The summed E-state index contributed by atoms with van der Waals surface area (Å²) in [6, 6.07) is 0.483. The zero-order valence-electron chi connectivity index (χ0n) is 11.2. The van der Waals surface area contributed by atoms with Crippen molar-refractivity contribution in [2.24, 2.45) is 5.92 Å². The number of nitrogens with one attached hydrogen (secondary N) is 1. The second-order valence-corrected chi connectivity index (χ2v) is 5.30. The van der Waals surface area contributed by atoms with E-state index in [1.165, 1.54) is 19.3 Å². The van der Waals surface area contributed by atoms with Crippen molar-refractivity contribution in [1.82, 2.24) is 9.78 Å². The molecule has 1 aromatic rings. The van der Waals surface area contributed by atoms with Crippen molar-refractivity contribution in [2.75, 3.05) is 11.1 Å². The molecule has 4 nitrogen and oxygen atoms in total. The maximum atomic E-state index is 6.08. The van der Waals surface area contributed by atoms with Gasteiger partial charge in [-0.05, 0) is 32.6 Å². The lowest BCUT2D eigenvalue weighted by atomic mass is 10.1. The minimum atomic E-state index is 0.483. The fraction of sp³-hybridized carbons (Fsp3) is 0.769. The highest BCUT2D eigenvalue weighted by atomic mass is 15.3. The number of aryl methyl sites for hydroxylation is 2. The molecular formula is C13H24N4. The van der Waals surface area contributed by atoms with Crippen molar-refractivity contribution in [3.8, 4) is 0 Å². The third-order valence-corrected chi connectivity index (χ3v) is 3.38. The van der Waals surface area contributed by atoms with E-state index < -0.39 is 0 Å². The number of nitrogens with two attached hydrogens (primary N) is 1. The molecule has 1 aromatic heterocycles. The van der Waals surface area contributed by atoms with E-state index in [1.807, 2.05) is 11.6 Å². The zero-order valence-corrected chi connectivity index (χ0v) is 11.2. The Hall–Kier alpha value is -1.19. The molecule has 0 aromatic carbocycles. The van der Waals surface area contributed by atoms with Crippen molar-refractivity contribution in [1.29, 1.82) is 0 Å². The Balaban J connectivity index is 2.06. The summed E-state index contributed by atoms with van der Waals surface area (Å²) >= 11 is 0. The first-order valence-corrected chi connectivity index (χ1v) is 6.71. The van der Waals surface area contributed by atoms with E-state index in [2.05, 4.69) is 24.3 Å². The molecular weight excluding hydrogens is 212 g/mol. The normalized spacial score (nSPS) is 17.1. The first-order valence-electron chi connectivity index (χ1n) is 6.71. The summed E-state index contributed by atoms with van der Waals surface area (Å²) in [6.07, 6.45) is 5.12. The van der Waals surface area contributed by atoms with Gasteiger partial charge in [-0.25, -0.2) is 4.68 Å². The summed E-state index contributed by atoms with van der Waals surface area (Å²) in [5.74, 6) is 1.94. The fourth-order valence-corrected chi connectivity index (χ4v) is 2.27. The quantitative estimate of drug-likeness (QED) is 0.798. The van der Waals surface area contributed by atoms with Crippen LogP contribution in [0.25, 0.3) is 0 Å². The van der Waals surface area contributed by atoms with E-state index in [1.54, 1.807) is 0 Å². The van der Waals surface area contributed by atoms with Gasteiger partial charge < -0.3 is 11.1 Å². The lowest BCUT2D eigenvalue weighted by Gasteiger charge is -2.16. The fourth-order valence-electron chi connectivity index (χ4n) is 2.27. The largest absolute Gasteiger partial charge is 0.394 e. The minimum Gasteiger partial charge on any atom is -0.394 e. The molecule has 2 rings (SSSR count). The number of nitrogens with zero attached hydrogens (tertiary/aromatic N) is 2. The highest BCUT2D eigenvalue weighted by Gasteiger charge is 2.24. The van der Waals surface area contributed by atoms with Crippen molar-refractivity contribution in [3.63, 3.8) is 0 Å². The zero-order chi connectivity index (χ0) is 12.4. The van der Waals surface area contributed by atoms with Crippen LogP contribution in [0.5, 0.6) is 0 Å². The SMILES string of the molecule is CCCn1nc(C)c(N)c1NC(C)CC1CC1. The maximum Gasteiger partial charge on any atom is 0.148 e. The van der Waals surface area contributed by atoms with E-state index in [4.69, 9.17) is 5.73 Å². The van der Waals surface area contributed by atoms with Crippen molar-refractivity contribution >= 4 is 11.5 Å². The molecule has 0 radical (unpaired) electrons. The van der Waals surface area contributed by atoms with Crippen molar-refractivity contribution in [2.45, 2.75) is 59.0 Å². The molecule has 1 atom stereocenters. The van der Waals surface area contributed by atoms with Gasteiger partial charge in [0, 0.05) is 12.6 Å². The van der Waals surface area contributed by atoms with Gasteiger partial charge in [0.2, 0.25) is 0 Å². The standard InChI is InChI=1S/C13H24N4/c1-4-7-17-13(12(14)10(3)16-17)15-9(2)8-11-5-6-11/h9,11,15H,4-8,14H2,1-3H3. The lowest BCUT2D eigenvalue weighted by Crippen LogP contribution is -2.19. The van der Waals surface area contributed by atoms with Gasteiger partial charge in [-0.2, -0.15) is 5.10 Å². The second kappa shape index (κ2) is 4.98. The minimum absolute atomic E-state index is 0.483. The third kappa shape index (κ3) is 2.93. The lowest BCUT2D eigenvalue weighted by molar-refractivity contribution is 0.585. The summed E-state index contributed by atoms with van der Waals surface area (Å²) in [7, 11) is 0. The second-order valence-electron chi connectivity index (χ2n) is 5.30. The average Bonchev–Trinajstić information content (AvgIpc) is 3.03. The molecule has 1 saturated carbocycles. The highest BCUT2D eigenvalue weighted by Crippen LogP contribution is 2.34. The number of nitrogen functional groups attached to an aromatic ring is 1. The van der Waals surface area contributed by atoms with Crippen LogP contribution in [0.2, 0.25) is 0 Å². The number of anilines is 2. The average molecular weight is 236 g/mol. The van der Waals surface area contributed by atoms with E-state index in [0.29, 0.717) is 6.04 Å². The summed E-state index contributed by atoms with van der Waals surface area (Å²) in [4.78, 5) is 0. The van der Waals surface area contributed by atoms with Crippen LogP contribution in [0.15, 0.2) is 0 Å². The number of rotatable bonds is 6. The van der Waals surface area contributed by atoms with Crippen molar-refractivity contribution in [3.05, 3.63) is 5.69 Å². The monoisotopic (exact) mass is 236 g/mol. The molecule has 17 heavy (non-hydrogen) atoms. The predicted molar refractivity (Wildman–Crippen MR) is 72.1 cm³/mol. The van der Waals surface area contributed by atoms with Crippen LogP contribution < -0.4 is 11.1 Å². The summed E-state index contributed by atoms with van der Waals surface area (Å²) in [5.41, 5.74) is 7.82. The van der Waals surface area contributed by atoms with E-state index in [-0.39, 0.29) is 0 Å². The first kappa shape index (κ1) is 12.3. The van der Waals surface area contributed by atoms with Gasteiger partial charge in [0.15, 0.2) is 0 Å². The molecule has 4 heteroatoms. The molecule has 1 aliphatic rings. The van der Waals surface area contributed by atoms with Crippen LogP contribution in [-0.4, -0.2) is 15.8 Å². The van der Waals surface area contributed by atoms with Gasteiger partial charge in [0.05, 0.1) is 11.4 Å². The highest BCUT2D eigenvalue weighted by molar-refractivity contribution is 5.65. The Bertz CT molecular complexity index is 379. The van der Waals surface area contributed by atoms with Gasteiger partial charge in [0.25, 0.3) is 0 Å². The Morgan fingerprint density at radius 1 is 1.53 bits per heavy atom. The van der Waals surface area contributed by atoms with Gasteiger partial charge >= 0.3 is 0 Å². The predicted octanol–water partition coefficient (Wildman–Crippen LogP) is 2.78. The number of hydrogen-bond donors (Lipinski definition) is 2. The Labute approximate surface area is 104 Å². The van der Waals surface area contributed by atoms with Crippen LogP contribution in [0.3, 0.4) is 0 Å². The van der Waals surface area contributed by atoms with Crippen LogP contribution in [0.1, 0.15) is 45.2 Å². The Kier molecular flexibility index (Phi) is 3.60. The summed E-state index contributed by atoms with van der Waals surface area (Å²) in [5, 5.41) is 8.01.